The lowest BCUT2D eigenvalue weighted by molar-refractivity contribution is -0.122. The van der Waals surface area contributed by atoms with Crippen molar-refractivity contribution in [3.63, 3.8) is 0 Å². The molecule has 0 aliphatic carbocycles. The molecule has 0 saturated carbocycles. The molecule has 0 radical (unpaired) electrons. The summed E-state index contributed by atoms with van der Waals surface area (Å²) >= 11 is 9.72. The molecule has 190 valence electrons. The fraction of sp³-hybridized carbons (Fsp3) is 0.103. The number of aryl methyl sites for hydroxylation is 1. The van der Waals surface area contributed by atoms with Crippen molar-refractivity contribution in [1.29, 1.82) is 5.26 Å². The Labute approximate surface area is 233 Å². The number of carbonyl (C=O) groups is 3. The van der Waals surface area contributed by atoms with E-state index in [9.17, 15) is 19.6 Å². The minimum Gasteiger partial charge on any atom is -0.487 e. The number of imide groups is 2. The fourth-order valence-corrected chi connectivity index (χ4v) is 4.72. The summed E-state index contributed by atoms with van der Waals surface area (Å²) < 4.78 is 6.65. The molecule has 0 spiro atoms. The molecule has 3 aromatic rings. The number of allylic oxidation sites excluding steroid dienone is 1. The van der Waals surface area contributed by atoms with Gasteiger partial charge in [-0.3, -0.25) is 14.9 Å². The van der Waals surface area contributed by atoms with Crippen LogP contribution in [0.15, 0.2) is 77.3 Å². The second-order valence-corrected chi connectivity index (χ2v) is 9.69. The zero-order valence-electron chi connectivity index (χ0n) is 20.3. The van der Waals surface area contributed by atoms with Gasteiger partial charge in [0, 0.05) is 10.6 Å². The highest BCUT2D eigenvalue weighted by atomic mass is 79.9. The largest absolute Gasteiger partial charge is 0.487 e. The third-order valence-electron chi connectivity index (χ3n) is 5.84. The van der Waals surface area contributed by atoms with Crippen molar-refractivity contribution >= 4 is 57.1 Å². The van der Waals surface area contributed by atoms with Gasteiger partial charge in [0.15, 0.2) is 0 Å². The van der Waals surface area contributed by atoms with Crippen molar-refractivity contribution in [2.45, 2.75) is 20.0 Å². The molecule has 0 aromatic heterocycles. The number of nitrogens with one attached hydrogen (secondary N) is 1. The van der Waals surface area contributed by atoms with Crippen LogP contribution >= 0.6 is 27.5 Å². The van der Waals surface area contributed by atoms with Crippen LogP contribution < -0.4 is 15.0 Å². The Morgan fingerprint density at radius 1 is 1.13 bits per heavy atom. The maximum Gasteiger partial charge on any atom is 0.335 e. The fourth-order valence-electron chi connectivity index (χ4n) is 3.91. The van der Waals surface area contributed by atoms with Crippen LogP contribution in [0, 0.1) is 18.3 Å². The molecule has 1 aliphatic heterocycles. The van der Waals surface area contributed by atoms with Gasteiger partial charge in [-0.15, -0.1) is 6.58 Å². The molecular weight excluding hydrogens is 570 g/mol. The topological polar surface area (TPSA) is 99.5 Å². The SMILES string of the molecule is C=CCc1cc(/C=C2/C(=O)NC(=O)N(c3ccc(C)c(Cl)c3)C2=O)cc(Br)c1OCc1ccccc1C#N. The maximum atomic E-state index is 13.3. The number of benzene rings is 3. The first-order valence-corrected chi connectivity index (χ1v) is 12.6. The Kier molecular flexibility index (Phi) is 8.10. The van der Waals surface area contributed by atoms with E-state index in [1.165, 1.54) is 12.1 Å². The third-order valence-corrected chi connectivity index (χ3v) is 6.84. The van der Waals surface area contributed by atoms with Gasteiger partial charge in [0.25, 0.3) is 11.8 Å². The van der Waals surface area contributed by atoms with Crippen molar-refractivity contribution in [2.24, 2.45) is 0 Å². The smallest absolute Gasteiger partial charge is 0.335 e. The molecule has 38 heavy (non-hydrogen) atoms. The van der Waals surface area contributed by atoms with E-state index in [0.717, 1.165) is 21.6 Å². The first kappa shape index (κ1) is 26.9. The zero-order chi connectivity index (χ0) is 27.4. The molecular formula is C29H21BrClN3O4. The van der Waals surface area contributed by atoms with E-state index in [0.29, 0.717) is 32.8 Å². The van der Waals surface area contributed by atoms with Crippen LogP contribution in [0.25, 0.3) is 6.08 Å². The number of amides is 4. The number of carbonyl (C=O) groups excluding carboxylic acids is 3. The lowest BCUT2D eigenvalue weighted by Gasteiger charge is -2.26. The van der Waals surface area contributed by atoms with Crippen LogP contribution in [-0.4, -0.2) is 17.8 Å². The highest BCUT2D eigenvalue weighted by Gasteiger charge is 2.37. The van der Waals surface area contributed by atoms with Crippen LogP contribution in [0.1, 0.15) is 27.8 Å². The van der Waals surface area contributed by atoms with Crippen LogP contribution in [0.3, 0.4) is 0 Å². The molecule has 0 bridgehead atoms. The quantitative estimate of drug-likeness (QED) is 0.199. The standard InChI is InChI=1S/C29H21BrClN3O4/c1-3-6-19-11-18(13-24(30)26(19)38-16-21-8-5-4-7-20(21)15-32)12-23-27(35)33-29(37)34(28(23)36)22-10-9-17(2)25(31)14-22/h3-5,7-14H,1,6,16H2,2H3,(H,33,35,37)/b23-12-. The van der Waals surface area contributed by atoms with Crippen LogP contribution in [0.5, 0.6) is 5.75 Å². The number of halogens is 2. The van der Waals surface area contributed by atoms with E-state index in [4.69, 9.17) is 16.3 Å². The number of hydrogen-bond donors (Lipinski definition) is 1. The van der Waals surface area contributed by atoms with Crippen LogP contribution in [0.2, 0.25) is 5.02 Å². The van der Waals surface area contributed by atoms with Gasteiger partial charge < -0.3 is 4.74 Å². The minimum absolute atomic E-state index is 0.171. The summed E-state index contributed by atoms with van der Waals surface area (Å²) in [6.45, 7) is 5.77. The number of rotatable bonds is 7. The van der Waals surface area contributed by atoms with E-state index in [1.807, 2.05) is 12.1 Å². The maximum absolute atomic E-state index is 13.3. The molecule has 4 amide bonds. The molecule has 0 unspecified atom stereocenters. The summed E-state index contributed by atoms with van der Waals surface area (Å²) in [5.41, 5.74) is 3.36. The summed E-state index contributed by atoms with van der Waals surface area (Å²) in [7, 11) is 0. The zero-order valence-corrected chi connectivity index (χ0v) is 22.6. The molecule has 1 fully saturated rings. The minimum atomic E-state index is -0.855. The van der Waals surface area contributed by atoms with Crippen molar-refractivity contribution < 1.29 is 19.1 Å². The molecule has 4 rings (SSSR count). The Balaban J connectivity index is 1.68. The molecule has 7 nitrogen and oxygen atoms in total. The summed E-state index contributed by atoms with van der Waals surface area (Å²) in [5.74, 6) is -1.02. The number of barbiturate groups is 1. The van der Waals surface area contributed by atoms with E-state index in [1.54, 1.807) is 49.4 Å². The predicted octanol–water partition coefficient (Wildman–Crippen LogP) is 6.26. The Hall–Kier alpha value is -4.19. The van der Waals surface area contributed by atoms with E-state index < -0.39 is 17.8 Å². The average Bonchev–Trinajstić information content (AvgIpc) is 2.88. The number of urea groups is 1. The number of nitrogens with zero attached hydrogens (tertiary/aromatic N) is 2. The monoisotopic (exact) mass is 589 g/mol. The van der Waals surface area contributed by atoms with Gasteiger partial charge in [0.05, 0.1) is 21.8 Å². The normalized spacial score (nSPS) is 14.3. The number of nitriles is 1. The Morgan fingerprint density at radius 3 is 2.61 bits per heavy atom. The first-order valence-electron chi connectivity index (χ1n) is 11.4. The van der Waals surface area contributed by atoms with Crippen LogP contribution in [-0.2, 0) is 22.6 Å². The number of hydrogen-bond acceptors (Lipinski definition) is 5. The third kappa shape index (κ3) is 5.54. The Morgan fingerprint density at radius 2 is 1.89 bits per heavy atom. The van der Waals surface area contributed by atoms with Crippen LogP contribution in [0.4, 0.5) is 10.5 Å². The Bertz CT molecular complexity index is 1560. The lowest BCUT2D eigenvalue weighted by atomic mass is 10.0. The second-order valence-electron chi connectivity index (χ2n) is 8.43. The summed E-state index contributed by atoms with van der Waals surface area (Å²) in [6, 6.07) is 16.7. The highest BCUT2D eigenvalue weighted by molar-refractivity contribution is 9.10. The van der Waals surface area contributed by atoms with E-state index in [2.05, 4.69) is 33.9 Å². The average molecular weight is 591 g/mol. The molecule has 9 heteroatoms. The second kappa shape index (κ2) is 11.5. The molecule has 0 atom stereocenters. The van der Waals surface area contributed by atoms with Gasteiger partial charge in [0.1, 0.15) is 17.9 Å². The molecule has 3 aromatic carbocycles. The van der Waals surface area contributed by atoms with Gasteiger partial charge in [-0.25, -0.2) is 9.69 Å². The number of ether oxygens (including phenoxy) is 1. The van der Waals surface area contributed by atoms with E-state index in [-0.39, 0.29) is 17.9 Å². The first-order chi connectivity index (χ1) is 18.2. The van der Waals surface area contributed by atoms with Crippen molar-refractivity contribution in [1.82, 2.24) is 5.32 Å². The van der Waals surface area contributed by atoms with Crippen molar-refractivity contribution in [3.8, 4) is 11.8 Å². The summed E-state index contributed by atoms with van der Waals surface area (Å²) in [6.07, 6.45) is 3.56. The highest BCUT2D eigenvalue weighted by Crippen LogP contribution is 2.34. The van der Waals surface area contributed by atoms with Crippen molar-refractivity contribution in [3.05, 3.63) is 110 Å². The van der Waals surface area contributed by atoms with Gasteiger partial charge >= 0.3 is 6.03 Å². The van der Waals surface area contributed by atoms with Gasteiger partial charge in [-0.2, -0.15) is 5.26 Å². The molecule has 1 saturated heterocycles. The van der Waals surface area contributed by atoms with Gasteiger partial charge in [-0.1, -0.05) is 41.9 Å². The summed E-state index contributed by atoms with van der Waals surface area (Å²) in [5, 5.41) is 12.0. The predicted molar refractivity (Wildman–Crippen MR) is 149 cm³/mol. The van der Waals surface area contributed by atoms with Gasteiger partial charge in [-0.05, 0) is 82.4 Å². The van der Waals surface area contributed by atoms with E-state index >= 15 is 0 Å². The molecule has 1 N–H and O–H groups in total. The van der Waals surface area contributed by atoms with Gasteiger partial charge in [0.2, 0.25) is 0 Å². The number of anilines is 1. The molecule has 1 heterocycles. The molecule has 1 aliphatic rings. The summed E-state index contributed by atoms with van der Waals surface area (Å²) in [4.78, 5) is 39.3. The lowest BCUT2D eigenvalue weighted by Crippen LogP contribution is -2.54. The van der Waals surface area contributed by atoms with Crippen molar-refractivity contribution in [2.75, 3.05) is 4.90 Å².